The van der Waals surface area contributed by atoms with Crippen LogP contribution in [-0.2, 0) is 4.79 Å². The number of aromatic hydroxyl groups is 1. The monoisotopic (exact) mass is 1140 g/mol. The van der Waals surface area contributed by atoms with Gasteiger partial charge in [0.25, 0.3) is 5.69 Å². The van der Waals surface area contributed by atoms with E-state index in [9.17, 15) is 24.8 Å². The molecule has 0 aliphatic rings. The largest absolute Gasteiger partial charge is 0.504 e. The van der Waals surface area contributed by atoms with Crippen LogP contribution in [0.25, 0.3) is 22.1 Å². The van der Waals surface area contributed by atoms with Gasteiger partial charge in [0.15, 0.2) is 16.7 Å². The lowest BCUT2D eigenvalue weighted by atomic mass is 10.1. The van der Waals surface area contributed by atoms with Gasteiger partial charge in [0, 0.05) is 34.2 Å². The zero-order chi connectivity index (χ0) is 55.9. The quantitative estimate of drug-likeness (QED) is 0.0410. The predicted molar refractivity (Wildman–Crippen MR) is 315 cm³/mol. The van der Waals surface area contributed by atoms with Gasteiger partial charge in [-0.25, -0.2) is 14.8 Å². The predicted octanol–water partition coefficient (Wildman–Crippen LogP) is 17.2. The molecule has 0 aliphatic heterocycles. The number of non-ortho nitro benzene ring substituents is 1. The van der Waals surface area contributed by atoms with Crippen molar-refractivity contribution in [2.45, 2.75) is 39.8 Å². The number of nitro benzene ring substituents is 1. The summed E-state index contributed by atoms with van der Waals surface area (Å²) in [6.07, 6.45) is 0. The lowest BCUT2D eigenvalue weighted by Gasteiger charge is -2.09. The molecule has 2 heterocycles. The molecular weight excluding hydrogens is 1090 g/mol. The smallest absolute Gasteiger partial charge is 0.323 e. The standard InChI is InChI=1S/C21H16N4O4S.C14H12Cl2N2O.C13H10Cl2O2.C10H12N2/c26-20(13-30-21-23-18-11-8-15(25(27)28)12-19(18)24-21)22-14-6-9-17(10-7-14)29-16-4-2-1-3-5-16;1-9-2-4-10(5-3-9)17-14(19)18-11-6-7-12(15)13(16)8-11;1-8-2-4-13(11(16)6-8)17-12-5-3-9(14)7-10(12)15;1-6-4-9-10(5-7(6)2)12-8(3)11-9/h1-12H,13H2,(H,22,26)(H,23,24);2-8H,1H3,(H2,17,18,19);2-7,16H,1H3;4-5H,1-3H3,(H,11,12). The Bertz CT molecular complexity index is 3620. The van der Waals surface area contributed by atoms with Gasteiger partial charge >= 0.3 is 6.03 Å². The number of ether oxygens (including phenoxy) is 2. The molecule has 0 unspecified atom stereocenters. The molecule has 2 aromatic heterocycles. The number of hydrogen-bond acceptors (Lipinski definition) is 10. The van der Waals surface area contributed by atoms with Crippen LogP contribution in [0.2, 0.25) is 20.1 Å². The normalized spacial score (nSPS) is 10.5. The molecule has 0 aliphatic carbocycles. The number of thioether (sulfide) groups is 1. The van der Waals surface area contributed by atoms with Gasteiger partial charge in [-0.2, -0.15) is 0 Å². The van der Waals surface area contributed by atoms with Crippen molar-refractivity contribution in [3.63, 3.8) is 0 Å². The van der Waals surface area contributed by atoms with Gasteiger partial charge in [0.2, 0.25) is 5.91 Å². The van der Waals surface area contributed by atoms with Crippen LogP contribution >= 0.6 is 58.2 Å². The molecule has 398 valence electrons. The molecule has 0 spiro atoms. The summed E-state index contributed by atoms with van der Waals surface area (Å²) in [4.78, 5) is 49.3. The van der Waals surface area contributed by atoms with Gasteiger partial charge in [-0.1, -0.05) is 100 Å². The number of nitrogens with one attached hydrogen (secondary N) is 5. The molecule has 0 saturated carbocycles. The summed E-state index contributed by atoms with van der Waals surface area (Å²) < 4.78 is 11.2. The summed E-state index contributed by atoms with van der Waals surface area (Å²) in [6.45, 7) is 10.1. The number of para-hydroxylation sites is 1. The van der Waals surface area contributed by atoms with Crippen LogP contribution in [0.4, 0.5) is 27.5 Å². The zero-order valence-electron chi connectivity index (χ0n) is 42.5. The molecule has 8 aromatic carbocycles. The second-order valence-electron chi connectivity index (χ2n) is 17.3. The first-order valence-electron chi connectivity index (χ1n) is 23.7. The molecule has 0 saturated heterocycles. The van der Waals surface area contributed by atoms with Gasteiger partial charge in [0.1, 0.15) is 23.1 Å². The molecule has 0 atom stereocenters. The second-order valence-corrected chi connectivity index (χ2v) is 19.9. The maximum absolute atomic E-state index is 12.2. The van der Waals surface area contributed by atoms with E-state index in [0.29, 0.717) is 64.9 Å². The van der Waals surface area contributed by atoms with Crippen molar-refractivity contribution in [2.24, 2.45) is 0 Å². The summed E-state index contributed by atoms with van der Waals surface area (Å²) in [6, 6.07) is 47.4. The van der Waals surface area contributed by atoms with E-state index in [-0.39, 0.29) is 29.1 Å². The van der Waals surface area contributed by atoms with Gasteiger partial charge < -0.3 is 40.5 Å². The average Bonchev–Trinajstić information content (AvgIpc) is 4.01. The van der Waals surface area contributed by atoms with E-state index < -0.39 is 4.92 Å². The molecule has 6 N–H and O–H groups in total. The van der Waals surface area contributed by atoms with Crippen LogP contribution in [0, 0.1) is 44.7 Å². The number of phenolic OH excluding ortho intramolecular Hbond substituents is 1. The van der Waals surface area contributed by atoms with Crippen LogP contribution in [0.3, 0.4) is 0 Å². The van der Waals surface area contributed by atoms with E-state index in [1.54, 1.807) is 78.9 Å². The van der Waals surface area contributed by atoms with Crippen molar-refractivity contribution in [3.05, 3.63) is 222 Å². The van der Waals surface area contributed by atoms with E-state index in [4.69, 9.17) is 55.9 Å². The number of phenols is 1. The Kier molecular flexibility index (Phi) is 20.0. The van der Waals surface area contributed by atoms with E-state index in [1.807, 2.05) is 81.4 Å². The first kappa shape index (κ1) is 57.5. The van der Waals surface area contributed by atoms with Crippen LogP contribution < -0.4 is 25.4 Å². The van der Waals surface area contributed by atoms with Crippen LogP contribution in [0.15, 0.2) is 169 Å². The third-order valence-electron chi connectivity index (χ3n) is 11.0. The van der Waals surface area contributed by atoms with Crippen molar-refractivity contribution in [1.82, 2.24) is 19.9 Å². The van der Waals surface area contributed by atoms with Crippen molar-refractivity contribution < 1.29 is 29.1 Å². The number of imidazole rings is 2. The third-order valence-corrected chi connectivity index (χ3v) is 13.2. The number of benzene rings is 8. The fourth-order valence-corrected chi connectivity index (χ4v) is 8.44. The number of nitrogens with zero attached hydrogens (tertiary/aromatic N) is 3. The molecule has 15 nitrogen and oxygen atoms in total. The number of aromatic nitrogens is 4. The molecular formula is C58H50Cl4N8O7S. The van der Waals surface area contributed by atoms with Crippen molar-refractivity contribution in [2.75, 3.05) is 21.7 Å². The number of rotatable bonds is 11. The molecule has 0 radical (unpaired) electrons. The molecule has 0 fully saturated rings. The van der Waals surface area contributed by atoms with Crippen molar-refractivity contribution >= 4 is 115 Å². The van der Waals surface area contributed by atoms with E-state index in [1.165, 1.54) is 35.0 Å². The minimum atomic E-state index is -0.462. The van der Waals surface area contributed by atoms with Crippen LogP contribution in [0.1, 0.15) is 28.1 Å². The molecule has 20 heteroatoms. The fraction of sp³-hybridized carbons (Fsp3) is 0.103. The van der Waals surface area contributed by atoms with Gasteiger partial charge in [-0.15, -0.1) is 0 Å². The number of anilines is 3. The molecule has 78 heavy (non-hydrogen) atoms. The first-order valence-corrected chi connectivity index (χ1v) is 26.2. The number of hydrogen-bond donors (Lipinski definition) is 6. The maximum atomic E-state index is 12.2. The fourth-order valence-electron chi connectivity index (χ4n) is 7.01. The number of aryl methyl sites for hydroxylation is 5. The minimum Gasteiger partial charge on any atom is -0.504 e. The maximum Gasteiger partial charge on any atom is 0.323 e. The summed E-state index contributed by atoms with van der Waals surface area (Å²) >= 11 is 24.6. The molecule has 3 amide bonds. The Morgan fingerprint density at radius 3 is 1.91 bits per heavy atom. The molecule has 10 aromatic rings. The Morgan fingerprint density at radius 1 is 0.590 bits per heavy atom. The Hall–Kier alpha value is -8.25. The molecule has 0 bridgehead atoms. The number of urea groups is 1. The topological polar surface area (TPSA) is 209 Å². The lowest BCUT2D eigenvalue weighted by molar-refractivity contribution is -0.384. The number of carbonyl (C=O) groups is 2. The number of fused-ring (bicyclic) bond motifs is 2. The van der Waals surface area contributed by atoms with E-state index in [2.05, 4.69) is 61.9 Å². The van der Waals surface area contributed by atoms with E-state index in [0.717, 1.165) is 39.4 Å². The first-order chi connectivity index (χ1) is 37.3. The summed E-state index contributed by atoms with van der Waals surface area (Å²) in [5.41, 5.74) is 10.0. The highest BCUT2D eigenvalue weighted by atomic mass is 35.5. The van der Waals surface area contributed by atoms with Crippen LogP contribution in [-0.4, -0.2) is 47.7 Å². The highest BCUT2D eigenvalue weighted by Crippen LogP contribution is 2.36. The average molecular weight is 1140 g/mol. The number of nitro groups is 1. The third kappa shape index (κ3) is 17.1. The highest BCUT2D eigenvalue weighted by Gasteiger charge is 2.13. The van der Waals surface area contributed by atoms with Gasteiger partial charge in [0.05, 0.1) is 47.8 Å². The lowest BCUT2D eigenvalue weighted by Crippen LogP contribution is -2.19. The SMILES string of the molecule is Cc1ccc(NC(=O)Nc2ccc(Cl)c(Cl)c2)cc1.Cc1ccc(Oc2ccc(Cl)cc2Cl)c(O)c1.Cc1nc2cc(C)c(C)cc2[nH]1.O=C(CSc1nc2ccc([N+](=O)[O-])cc2[nH]1)Nc1ccc(Oc2ccccc2)cc1. The Morgan fingerprint density at radius 2 is 1.22 bits per heavy atom. The van der Waals surface area contributed by atoms with Gasteiger partial charge in [-0.05, 0) is 167 Å². The summed E-state index contributed by atoms with van der Waals surface area (Å²) in [5.74, 6) is 3.24. The van der Waals surface area contributed by atoms with Crippen molar-refractivity contribution in [1.29, 1.82) is 0 Å². The summed E-state index contributed by atoms with van der Waals surface area (Å²) in [5, 5.41) is 31.1. The number of amides is 3. The minimum absolute atomic E-state index is 0.0138. The number of carbonyl (C=O) groups excluding carboxylic acids is 2. The number of aromatic amines is 2. The number of halogens is 4. The second kappa shape index (κ2) is 27.2. The highest BCUT2D eigenvalue weighted by molar-refractivity contribution is 7.99. The Labute approximate surface area is 473 Å². The van der Waals surface area contributed by atoms with E-state index >= 15 is 0 Å². The summed E-state index contributed by atoms with van der Waals surface area (Å²) in [7, 11) is 0. The molecule has 10 rings (SSSR count). The Balaban J connectivity index is 0.000000159. The van der Waals surface area contributed by atoms with Crippen molar-refractivity contribution in [3.8, 4) is 28.7 Å². The number of H-pyrrole nitrogens is 2. The zero-order valence-corrected chi connectivity index (χ0v) is 46.3. The van der Waals surface area contributed by atoms with Crippen LogP contribution in [0.5, 0.6) is 28.7 Å². The van der Waals surface area contributed by atoms with Gasteiger partial charge in [-0.3, -0.25) is 14.9 Å².